The van der Waals surface area contributed by atoms with E-state index in [-0.39, 0.29) is 11.3 Å². The average Bonchev–Trinajstić information content (AvgIpc) is 2.35. The third-order valence-electron chi connectivity index (χ3n) is 3.00. The maximum absolute atomic E-state index is 7.48. The Morgan fingerprint density at radius 3 is 2.44 bits per heavy atom. The molecule has 0 radical (unpaired) electrons. The molecule has 3 N–H and O–H groups in total. The van der Waals surface area contributed by atoms with Crippen molar-refractivity contribution in [2.75, 3.05) is 12.9 Å². The molecule has 0 bridgehead atoms. The van der Waals surface area contributed by atoms with Crippen LogP contribution >= 0.6 is 11.8 Å². The highest BCUT2D eigenvalue weighted by atomic mass is 32.2. The van der Waals surface area contributed by atoms with Crippen LogP contribution < -0.4 is 10.5 Å². The fourth-order valence-corrected chi connectivity index (χ4v) is 1.92. The van der Waals surface area contributed by atoms with Gasteiger partial charge in [-0.15, -0.1) is 11.8 Å². The van der Waals surface area contributed by atoms with Crippen molar-refractivity contribution in [3.63, 3.8) is 0 Å². The van der Waals surface area contributed by atoms with E-state index in [1.54, 1.807) is 11.8 Å². The van der Waals surface area contributed by atoms with Crippen LogP contribution in [0.1, 0.15) is 26.7 Å². The van der Waals surface area contributed by atoms with Crippen molar-refractivity contribution in [3.8, 4) is 5.75 Å². The molecule has 0 spiro atoms. The largest absolute Gasteiger partial charge is 0.494 e. The normalized spacial score (nSPS) is 11.3. The molecule has 3 nitrogen and oxygen atoms in total. The number of benzene rings is 1. The summed E-state index contributed by atoms with van der Waals surface area (Å²) in [6, 6.07) is 8.09. The number of thioether (sulfide) groups is 1. The SMILES string of the molecule is CSc1ccc(OCCCC(C)(C)C(=N)N)cc1. The van der Waals surface area contributed by atoms with Crippen LogP contribution in [0.3, 0.4) is 0 Å². The zero-order chi connectivity index (χ0) is 13.6. The minimum Gasteiger partial charge on any atom is -0.494 e. The number of ether oxygens (including phenoxy) is 1. The summed E-state index contributed by atoms with van der Waals surface area (Å²) in [7, 11) is 0. The highest BCUT2D eigenvalue weighted by molar-refractivity contribution is 7.98. The molecular formula is C14H22N2OS. The third kappa shape index (κ3) is 4.61. The monoisotopic (exact) mass is 266 g/mol. The van der Waals surface area contributed by atoms with Crippen LogP contribution in [-0.4, -0.2) is 18.7 Å². The van der Waals surface area contributed by atoms with Gasteiger partial charge in [0.2, 0.25) is 0 Å². The smallest absolute Gasteiger partial charge is 0.119 e. The number of nitrogens with one attached hydrogen (secondary N) is 1. The first kappa shape index (κ1) is 14.9. The summed E-state index contributed by atoms with van der Waals surface area (Å²) in [6.07, 6.45) is 3.82. The van der Waals surface area contributed by atoms with Crippen molar-refractivity contribution in [3.05, 3.63) is 24.3 Å². The van der Waals surface area contributed by atoms with Crippen molar-refractivity contribution < 1.29 is 4.74 Å². The molecule has 1 aromatic carbocycles. The first-order valence-corrected chi connectivity index (χ1v) is 7.29. The molecule has 0 aromatic heterocycles. The van der Waals surface area contributed by atoms with Crippen LogP contribution in [0.5, 0.6) is 5.75 Å². The second-order valence-electron chi connectivity index (χ2n) is 4.93. The molecule has 1 rings (SSSR count). The van der Waals surface area contributed by atoms with Crippen LogP contribution in [0.25, 0.3) is 0 Å². The fraction of sp³-hybridized carbons (Fsp3) is 0.500. The van der Waals surface area contributed by atoms with Gasteiger partial charge in [0.1, 0.15) is 5.75 Å². The molecule has 0 unspecified atom stereocenters. The van der Waals surface area contributed by atoms with Crippen LogP contribution in [0.2, 0.25) is 0 Å². The van der Waals surface area contributed by atoms with E-state index in [0.717, 1.165) is 18.6 Å². The number of hydrogen-bond acceptors (Lipinski definition) is 3. The lowest BCUT2D eigenvalue weighted by molar-refractivity contribution is 0.286. The maximum atomic E-state index is 7.48. The topological polar surface area (TPSA) is 59.1 Å². The Morgan fingerprint density at radius 1 is 1.33 bits per heavy atom. The Hall–Kier alpha value is -1.16. The molecule has 1 aromatic rings. The second kappa shape index (κ2) is 6.69. The predicted molar refractivity (Wildman–Crippen MR) is 78.6 cm³/mol. The second-order valence-corrected chi connectivity index (χ2v) is 5.80. The summed E-state index contributed by atoms with van der Waals surface area (Å²) in [6.45, 7) is 4.64. The maximum Gasteiger partial charge on any atom is 0.119 e. The van der Waals surface area contributed by atoms with Gasteiger partial charge < -0.3 is 10.5 Å². The van der Waals surface area contributed by atoms with Crippen molar-refractivity contribution in [1.29, 1.82) is 5.41 Å². The van der Waals surface area contributed by atoms with Gasteiger partial charge in [0.25, 0.3) is 0 Å². The van der Waals surface area contributed by atoms with Gasteiger partial charge in [0.15, 0.2) is 0 Å². The summed E-state index contributed by atoms with van der Waals surface area (Å²) in [5.41, 5.74) is 5.31. The Bertz CT molecular complexity index is 387. The summed E-state index contributed by atoms with van der Waals surface area (Å²) >= 11 is 1.72. The lowest BCUT2D eigenvalue weighted by atomic mass is 9.87. The molecule has 0 aliphatic heterocycles. The first-order valence-electron chi connectivity index (χ1n) is 6.07. The van der Waals surface area contributed by atoms with Crippen molar-refractivity contribution in [2.24, 2.45) is 11.1 Å². The molecular weight excluding hydrogens is 244 g/mol. The molecule has 0 saturated heterocycles. The molecule has 0 amide bonds. The highest BCUT2D eigenvalue weighted by Gasteiger charge is 2.20. The zero-order valence-electron chi connectivity index (χ0n) is 11.3. The van der Waals surface area contributed by atoms with E-state index < -0.39 is 0 Å². The molecule has 0 saturated carbocycles. The predicted octanol–water partition coefficient (Wildman–Crippen LogP) is 3.53. The van der Waals surface area contributed by atoms with E-state index in [9.17, 15) is 0 Å². The summed E-state index contributed by atoms with van der Waals surface area (Å²) < 4.78 is 5.66. The Morgan fingerprint density at radius 2 is 1.94 bits per heavy atom. The minimum absolute atomic E-state index is 0.230. The zero-order valence-corrected chi connectivity index (χ0v) is 12.1. The van der Waals surface area contributed by atoms with Crippen molar-refractivity contribution in [2.45, 2.75) is 31.6 Å². The number of nitrogens with two attached hydrogens (primary N) is 1. The van der Waals surface area contributed by atoms with Gasteiger partial charge in [-0.3, -0.25) is 5.41 Å². The van der Waals surface area contributed by atoms with E-state index in [1.807, 2.05) is 26.0 Å². The van der Waals surface area contributed by atoms with E-state index in [0.29, 0.717) is 6.61 Å². The van der Waals surface area contributed by atoms with Gasteiger partial charge in [-0.05, 0) is 43.4 Å². The molecule has 0 fully saturated rings. The van der Waals surface area contributed by atoms with Crippen LogP contribution in [-0.2, 0) is 0 Å². The molecule has 0 aliphatic carbocycles. The molecule has 0 heterocycles. The van der Waals surface area contributed by atoms with E-state index in [1.165, 1.54) is 4.90 Å². The number of hydrogen-bond donors (Lipinski definition) is 2. The molecule has 4 heteroatoms. The third-order valence-corrected chi connectivity index (χ3v) is 3.75. The Kier molecular flexibility index (Phi) is 5.54. The number of rotatable bonds is 7. The average molecular weight is 266 g/mol. The van der Waals surface area contributed by atoms with E-state index >= 15 is 0 Å². The lowest BCUT2D eigenvalue weighted by Gasteiger charge is -2.22. The quantitative estimate of drug-likeness (QED) is 0.343. The van der Waals surface area contributed by atoms with Gasteiger partial charge in [-0.2, -0.15) is 0 Å². The van der Waals surface area contributed by atoms with Crippen molar-refractivity contribution >= 4 is 17.6 Å². The van der Waals surface area contributed by atoms with E-state index in [2.05, 4.69) is 18.4 Å². The molecule has 100 valence electrons. The number of amidine groups is 1. The summed E-state index contributed by atoms with van der Waals surface area (Å²) in [5.74, 6) is 1.14. The van der Waals surface area contributed by atoms with Crippen molar-refractivity contribution in [1.82, 2.24) is 0 Å². The van der Waals surface area contributed by atoms with Gasteiger partial charge in [-0.25, -0.2) is 0 Å². The van der Waals surface area contributed by atoms with Gasteiger partial charge in [0, 0.05) is 10.3 Å². The standard InChI is InChI=1S/C14H22N2OS/c1-14(2,13(15)16)9-4-10-17-11-5-7-12(18-3)8-6-11/h5-8H,4,9-10H2,1-3H3,(H3,15,16). The van der Waals surface area contributed by atoms with Crippen LogP contribution in [0.4, 0.5) is 0 Å². The lowest BCUT2D eigenvalue weighted by Crippen LogP contribution is -2.31. The van der Waals surface area contributed by atoms with Crippen LogP contribution in [0.15, 0.2) is 29.2 Å². The van der Waals surface area contributed by atoms with E-state index in [4.69, 9.17) is 15.9 Å². The molecule has 18 heavy (non-hydrogen) atoms. The van der Waals surface area contributed by atoms with Crippen LogP contribution in [0, 0.1) is 10.8 Å². The van der Waals surface area contributed by atoms with Gasteiger partial charge in [0.05, 0.1) is 12.4 Å². The van der Waals surface area contributed by atoms with Gasteiger partial charge in [-0.1, -0.05) is 13.8 Å². The van der Waals surface area contributed by atoms with Gasteiger partial charge >= 0.3 is 0 Å². The Labute approximate surface area is 114 Å². The summed E-state index contributed by atoms with van der Waals surface area (Å²) in [5, 5.41) is 7.48. The summed E-state index contributed by atoms with van der Waals surface area (Å²) in [4.78, 5) is 1.24. The minimum atomic E-state index is -0.230. The Balaban J connectivity index is 2.31. The first-order chi connectivity index (χ1) is 8.45. The highest BCUT2D eigenvalue weighted by Crippen LogP contribution is 2.23. The molecule has 0 aliphatic rings. The fourth-order valence-electron chi connectivity index (χ4n) is 1.51. The molecule has 0 atom stereocenters.